The van der Waals surface area contributed by atoms with Crippen LogP contribution in [0, 0.1) is 5.92 Å². The van der Waals surface area contributed by atoms with Gasteiger partial charge in [0.05, 0.1) is 19.1 Å². The van der Waals surface area contributed by atoms with E-state index in [1.165, 1.54) is 0 Å². The Morgan fingerprint density at radius 1 is 1.62 bits per heavy atom. The molecule has 1 saturated heterocycles. The first-order valence-electron chi connectivity index (χ1n) is 5.74. The van der Waals surface area contributed by atoms with Crippen LogP contribution < -0.4 is 0 Å². The third-order valence-corrected chi connectivity index (χ3v) is 2.76. The number of carbonyl (C=O) groups is 1. The molecule has 1 heterocycles. The van der Waals surface area contributed by atoms with Crippen molar-refractivity contribution in [2.24, 2.45) is 5.92 Å². The van der Waals surface area contributed by atoms with Crippen molar-refractivity contribution >= 4 is 5.97 Å². The van der Waals surface area contributed by atoms with Crippen LogP contribution in [0.25, 0.3) is 0 Å². The lowest BCUT2D eigenvalue weighted by Gasteiger charge is -2.28. The summed E-state index contributed by atoms with van der Waals surface area (Å²) in [4.78, 5) is 12.4. The van der Waals surface area contributed by atoms with Crippen molar-refractivity contribution in [2.75, 3.05) is 33.4 Å². The number of rotatable bonds is 6. The Balaban J connectivity index is 2.18. The van der Waals surface area contributed by atoms with Gasteiger partial charge in [-0.25, -0.2) is 0 Å². The number of hydrogen-bond acceptors (Lipinski definition) is 4. The van der Waals surface area contributed by atoms with Crippen LogP contribution in [-0.2, 0) is 9.53 Å². The van der Waals surface area contributed by atoms with E-state index in [2.05, 4.69) is 0 Å². The number of aliphatic hydroxyl groups is 1. The van der Waals surface area contributed by atoms with Crippen LogP contribution in [0.4, 0.5) is 0 Å². The van der Waals surface area contributed by atoms with E-state index < -0.39 is 12.1 Å². The molecule has 1 aliphatic heterocycles. The zero-order valence-corrected chi connectivity index (χ0v) is 9.76. The molecule has 0 aromatic heterocycles. The molecule has 94 valence electrons. The second kappa shape index (κ2) is 6.83. The van der Waals surface area contributed by atoms with Crippen molar-refractivity contribution in [3.8, 4) is 0 Å². The van der Waals surface area contributed by atoms with Crippen LogP contribution in [0.1, 0.15) is 19.3 Å². The Morgan fingerprint density at radius 2 is 2.38 bits per heavy atom. The summed E-state index contributed by atoms with van der Waals surface area (Å²) in [5.41, 5.74) is 0. The molecule has 2 unspecified atom stereocenters. The van der Waals surface area contributed by atoms with E-state index in [0.717, 1.165) is 32.6 Å². The predicted octanol–water partition coefficient (Wildman–Crippen LogP) is 0.180. The van der Waals surface area contributed by atoms with Crippen LogP contribution in [0.15, 0.2) is 0 Å². The molecule has 16 heavy (non-hydrogen) atoms. The molecule has 0 saturated carbocycles. The minimum absolute atomic E-state index is 0.189. The summed E-state index contributed by atoms with van der Waals surface area (Å²) in [6.07, 6.45) is 1.27. The lowest BCUT2D eigenvalue weighted by atomic mass is 10.0. The van der Waals surface area contributed by atoms with E-state index in [9.17, 15) is 9.90 Å². The Hall–Kier alpha value is -0.650. The fourth-order valence-electron chi connectivity index (χ4n) is 2.09. The van der Waals surface area contributed by atoms with Crippen LogP contribution in [0.5, 0.6) is 0 Å². The summed E-state index contributed by atoms with van der Waals surface area (Å²) >= 11 is 0. The highest BCUT2D eigenvalue weighted by atomic mass is 16.5. The third-order valence-electron chi connectivity index (χ3n) is 2.76. The fourth-order valence-corrected chi connectivity index (χ4v) is 2.09. The van der Waals surface area contributed by atoms with Gasteiger partial charge < -0.3 is 19.8 Å². The summed E-state index contributed by atoms with van der Waals surface area (Å²) < 4.78 is 5.37. The molecule has 5 heteroatoms. The lowest BCUT2D eigenvalue weighted by Crippen LogP contribution is -2.36. The number of aliphatic carboxylic acids is 1. The first-order valence-corrected chi connectivity index (χ1v) is 5.74. The van der Waals surface area contributed by atoms with Gasteiger partial charge >= 0.3 is 5.97 Å². The predicted molar refractivity (Wildman–Crippen MR) is 59.3 cm³/mol. The average molecular weight is 231 g/mol. The molecular weight excluding hydrogens is 210 g/mol. The number of carboxylic acids is 1. The van der Waals surface area contributed by atoms with Gasteiger partial charge in [0.2, 0.25) is 0 Å². The van der Waals surface area contributed by atoms with Crippen LogP contribution in [-0.4, -0.2) is 60.5 Å². The largest absolute Gasteiger partial charge is 0.481 e. The molecule has 0 bridgehead atoms. The summed E-state index contributed by atoms with van der Waals surface area (Å²) in [6.45, 7) is 2.89. The van der Waals surface area contributed by atoms with Gasteiger partial charge in [-0.15, -0.1) is 0 Å². The molecule has 0 aliphatic carbocycles. The van der Waals surface area contributed by atoms with E-state index in [0.29, 0.717) is 12.5 Å². The van der Waals surface area contributed by atoms with E-state index in [1.54, 1.807) is 0 Å². The first-order chi connectivity index (χ1) is 7.58. The van der Waals surface area contributed by atoms with Gasteiger partial charge in [-0.05, 0) is 25.8 Å². The van der Waals surface area contributed by atoms with Crippen molar-refractivity contribution in [3.05, 3.63) is 0 Å². The van der Waals surface area contributed by atoms with Crippen molar-refractivity contribution in [3.63, 3.8) is 0 Å². The molecular formula is C11H21NO4. The molecule has 0 radical (unpaired) electrons. The van der Waals surface area contributed by atoms with Gasteiger partial charge in [-0.2, -0.15) is 0 Å². The molecule has 1 fully saturated rings. The van der Waals surface area contributed by atoms with E-state index in [-0.39, 0.29) is 6.42 Å². The maximum absolute atomic E-state index is 10.4. The molecule has 0 spiro atoms. The van der Waals surface area contributed by atoms with Crippen molar-refractivity contribution in [1.29, 1.82) is 0 Å². The second-order valence-corrected chi connectivity index (χ2v) is 4.56. The monoisotopic (exact) mass is 231 g/mol. The Bertz CT molecular complexity index is 216. The second-order valence-electron chi connectivity index (χ2n) is 4.56. The minimum Gasteiger partial charge on any atom is -0.481 e. The zero-order valence-electron chi connectivity index (χ0n) is 9.76. The minimum atomic E-state index is -0.957. The quantitative estimate of drug-likeness (QED) is 0.682. The zero-order chi connectivity index (χ0) is 12.0. The van der Waals surface area contributed by atoms with Gasteiger partial charge in [0, 0.05) is 19.7 Å². The average Bonchev–Trinajstić information content (AvgIpc) is 2.17. The molecule has 0 aromatic rings. The normalized spacial score (nSPS) is 23.3. The molecule has 2 atom stereocenters. The third kappa shape index (κ3) is 5.44. The number of ether oxygens (including phenoxy) is 1. The smallest absolute Gasteiger partial charge is 0.306 e. The maximum Gasteiger partial charge on any atom is 0.306 e. The van der Waals surface area contributed by atoms with E-state index >= 15 is 0 Å². The molecule has 5 nitrogen and oxygen atoms in total. The highest BCUT2D eigenvalue weighted by molar-refractivity contribution is 5.67. The van der Waals surface area contributed by atoms with Crippen LogP contribution in [0.2, 0.25) is 0 Å². The van der Waals surface area contributed by atoms with Crippen LogP contribution >= 0.6 is 0 Å². The van der Waals surface area contributed by atoms with Gasteiger partial charge in [-0.3, -0.25) is 4.79 Å². The molecule has 1 aliphatic rings. The lowest BCUT2D eigenvalue weighted by molar-refractivity contribution is -0.139. The van der Waals surface area contributed by atoms with E-state index in [4.69, 9.17) is 9.84 Å². The highest BCUT2D eigenvalue weighted by Gasteiger charge is 2.18. The Morgan fingerprint density at radius 3 is 2.94 bits per heavy atom. The van der Waals surface area contributed by atoms with Gasteiger partial charge in [0.1, 0.15) is 0 Å². The molecule has 0 aromatic carbocycles. The van der Waals surface area contributed by atoms with Crippen LogP contribution in [0.3, 0.4) is 0 Å². The standard InChI is InChI=1S/C11H21NO4/c1-12(7-10(13)5-11(14)15)6-9-3-2-4-16-8-9/h9-10,13H,2-8H2,1H3,(H,14,15). The fraction of sp³-hybridized carbons (Fsp3) is 0.909. The van der Waals surface area contributed by atoms with Crippen molar-refractivity contribution in [2.45, 2.75) is 25.4 Å². The topological polar surface area (TPSA) is 70.0 Å². The number of aliphatic hydroxyl groups excluding tert-OH is 1. The van der Waals surface area contributed by atoms with Crippen molar-refractivity contribution in [1.82, 2.24) is 4.90 Å². The van der Waals surface area contributed by atoms with Gasteiger partial charge in [0.15, 0.2) is 0 Å². The Labute approximate surface area is 96.0 Å². The number of carboxylic acid groups (broad SMARTS) is 1. The summed E-state index contributed by atoms with van der Waals surface area (Å²) in [5, 5.41) is 18.0. The highest BCUT2D eigenvalue weighted by Crippen LogP contribution is 2.14. The molecule has 1 rings (SSSR count). The number of nitrogens with zero attached hydrogens (tertiary/aromatic N) is 1. The SMILES string of the molecule is CN(CC(O)CC(=O)O)CC1CCCOC1. The summed E-state index contributed by atoms with van der Waals surface area (Å²) in [7, 11) is 1.90. The summed E-state index contributed by atoms with van der Waals surface area (Å²) in [6, 6.07) is 0. The molecule has 0 amide bonds. The summed E-state index contributed by atoms with van der Waals surface area (Å²) in [5.74, 6) is -0.447. The Kier molecular flexibility index (Phi) is 5.73. The van der Waals surface area contributed by atoms with E-state index in [1.807, 2.05) is 11.9 Å². The van der Waals surface area contributed by atoms with Crippen molar-refractivity contribution < 1.29 is 19.7 Å². The number of likely N-dealkylation sites (N-methyl/N-ethyl adjacent to an activating group) is 1. The number of hydrogen-bond donors (Lipinski definition) is 2. The maximum atomic E-state index is 10.4. The first kappa shape index (κ1) is 13.4. The van der Waals surface area contributed by atoms with Gasteiger partial charge in [-0.1, -0.05) is 0 Å². The van der Waals surface area contributed by atoms with Gasteiger partial charge in [0.25, 0.3) is 0 Å². The molecule has 2 N–H and O–H groups in total.